The van der Waals surface area contributed by atoms with Gasteiger partial charge in [-0.25, -0.2) is 0 Å². The van der Waals surface area contributed by atoms with Gasteiger partial charge in [-0.15, -0.1) is 0 Å². The predicted molar refractivity (Wildman–Crippen MR) is 130 cm³/mol. The van der Waals surface area contributed by atoms with Crippen LogP contribution in [0.15, 0.2) is 24.3 Å². The number of benzene rings is 1. The molecule has 1 aromatic heterocycles. The fraction of sp³-hybridized carbons (Fsp3) is 0.560. The van der Waals surface area contributed by atoms with E-state index >= 15 is 0 Å². The summed E-state index contributed by atoms with van der Waals surface area (Å²) in [6, 6.07) is 6.51. The topological polar surface area (TPSA) is 122 Å². The molecule has 0 aliphatic carbocycles. The third kappa shape index (κ3) is 6.50. The van der Waals surface area contributed by atoms with Crippen LogP contribution in [0.5, 0.6) is 5.75 Å². The van der Waals surface area contributed by atoms with Crippen LogP contribution in [0.25, 0.3) is 10.9 Å². The van der Waals surface area contributed by atoms with Crippen molar-refractivity contribution in [1.82, 2.24) is 20.9 Å². The molecular weight excluding hydrogens is 436 g/mol. The van der Waals surface area contributed by atoms with E-state index < -0.39 is 12.0 Å². The quantitative estimate of drug-likeness (QED) is 0.394. The number of rotatable bonds is 10. The zero-order valence-electron chi connectivity index (χ0n) is 20.6. The molecule has 1 aliphatic heterocycles. The SMILES string of the molecule is COC(=O)C(CC1CCNC1=O)NCC(CC(C)(C)C)NC(=O)c1cc2c(OC)cccc2[nH]1. The molecule has 1 aliphatic rings. The Labute approximate surface area is 200 Å². The first-order valence-corrected chi connectivity index (χ1v) is 11.7. The number of nitrogens with one attached hydrogen (secondary N) is 4. The van der Waals surface area contributed by atoms with Crippen molar-refractivity contribution < 1.29 is 23.9 Å². The molecule has 2 amide bonds. The van der Waals surface area contributed by atoms with Gasteiger partial charge in [0.05, 0.1) is 14.2 Å². The number of aromatic nitrogens is 1. The van der Waals surface area contributed by atoms with E-state index in [0.29, 0.717) is 43.8 Å². The van der Waals surface area contributed by atoms with Gasteiger partial charge in [0.25, 0.3) is 5.91 Å². The number of carbonyl (C=O) groups is 3. The van der Waals surface area contributed by atoms with E-state index in [0.717, 1.165) is 10.9 Å². The van der Waals surface area contributed by atoms with E-state index in [1.165, 1.54) is 7.11 Å². The highest BCUT2D eigenvalue weighted by Crippen LogP contribution is 2.26. The molecule has 9 nitrogen and oxygen atoms in total. The molecule has 1 fully saturated rings. The third-order valence-corrected chi connectivity index (χ3v) is 6.06. The maximum absolute atomic E-state index is 13.1. The zero-order chi connectivity index (χ0) is 24.9. The van der Waals surface area contributed by atoms with Gasteiger partial charge in [0, 0.05) is 36.0 Å². The molecule has 34 heavy (non-hydrogen) atoms. The fourth-order valence-corrected chi connectivity index (χ4v) is 4.45. The Hall–Kier alpha value is -3.07. The summed E-state index contributed by atoms with van der Waals surface area (Å²) in [7, 11) is 2.93. The number of ether oxygens (including phenoxy) is 2. The fourth-order valence-electron chi connectivity index (χ4n) is 4.45. The van der Waals surface area contributed by atoms with Crippen molar-refractivity contribution in [2.45, 2.75) is 52.1 Å². The summed E-state index contributed by atoms with van der Waals surface area (Å²) < 4.78 is 10.4. The molecule has 1 aromatic carbocycles. The minimum Gasteiger partial charge on any atom is -0.496 e. The highest BCUT2D eigenvalue weighted by atomic mass is 16.5. The maximum Gasteiger partial charge on any atom is 0.322 e. The molecule has 2 heterocycles. The Morgan fingerprint density at radius 2 is 2.00 bits per heavy atom. The minimum absolute atomic E-state index is 0.0375. The largest absolute Gasteiger partial charge is 0.496 e. The van der Waals surface area contributed by atoms with Gasteiger partial charge >= 0.3 is 5.97 Å². The van der Waals surface area contributed by atoms with Crippen LogP contribution < -0.4 is 20.7 Å². The van der Waals surface area contributed by atoms with Crippen molar-refractivity contribution in [3.63, 3.8) is 0 Å². The number of amides is 2. The second-order valence-corrected chi connectivity index (χ2v) is 10.0. The van der Waals surface area contributed by atoms with E-state index in [9.17, 15) is 14.4 Å². The summed E-state index contributed by atoms with van der Waals surface area (Å²) in [6.45, 7) is 7.28. The van der Waals surface area contributed by atoms with E-state index in [2.05, 4.69) is 41.7 Å². The Bertz CT molecular complexity index is 1030. The Morgan fingerprint density at radius 1 is 1.24 bits per heavy atom. The lowest BCUT2D eigenvalue weighted by molar-refractivity contribution is -0.143. The number of H-pyrrole nitrogens is 1. The van der Waals surface area contributed by atoms with Crippen molar-refractivity contribution >= 4 is 28.7 Å². The summed E-state index contributed by atoms with van der Waals surface area (Å²) in [5, 5.41) is 9.98. The highest BCUT2D eigenvalue weighted by Gasteiger charge is 2.32. The predicted octanol–water partition coefficient (Wildman–Crippen LogP) is 2.37. The first-order valence-electron chi connectivity index (χ1n) is 11.7. The van der Waals surface area contributed by atoms with Gasteiger partial charge in [0.1, 0.15) is 17.5 Å². The molecule has 1 saturated heterocycles. The van der Waals surface area contributed by atoms with Crippen LogP contribution >= 0.6 is 0 Å². The van der Waals surface area contributed by atoms with Gasteiger partial charge in [-0.05, 0) is 42.9 Å². The van der Waals surface area contributed by atoms with Gasteiger partial charge in [-0.1, -0.05) is 26.8 Å². The molecule has 0 saturated carbocycles. The van der Waals surface area contributed by atoms with E-state index in [1.54, 1.807) is 13.2 Å². The molecular formula is C25H36N4O5. The number of esters is 1. The minimum atomic E-state index is -0.629. The Kier molecular flexibility index (Phi) is 8.19. The lowest BCUT2D eigenvalue weighted by atomic mass is 9.87. The first-order chi connectivity index (χ1) is 16.1. The number of methoxy groups -OCH3 is 2. The second-order valence-electron chi connectivity index (χ2n) is 10.0. The van der Waals surface area contributed by atoms with Gasteiger partial charge < -0.3 is 30.4 Å². The number of hydrogen-bond acceptors (Lipinski definition) is 6. The normalized spacial score (nSPS) is 17.8. The molecule has 0 spiro atoms. The van der Waals surface area contributed by atoms with Crippen molar-refractivity contribution in [2.75, 3.05) is 27.3 Å². The van der Waals surface area contributed by atoms with Crippen LogP contribution in [0, 0.1) is 11.3 Å². The summed E-state index contributed by atoms with van der Waals surface area (Å²) >= 11 is 0. The Morgan fingerprint density at radius 3 is 2.62 bits per heavy atom. The molecule has 3 unspecified atom stereocenters. The van der Waals surface area contributed by atoms with Crippen LogP contribution in [0.2, 0.25) is 0 Å². The first kappa shape index (κ1) is 25.6. The monoisotopic (exact) mass is 472 g/mol. The van der Waals surface area contributed by atoms with Crippen LogP contribution in [0.3, 0.4) is 0 Å². The molecule has 4 N–H and O–H groups in total. The summed E-state index contributed by atoms with van der Waals surface area (Å²) in [5.41, 5.74) is 1.19. The lowest BCUT2D eigenvalue weighted by Gasteiger charge is -2.28. The van der Waals surface area contributed by atoms with Gasteiger partial charge in [0.15, 0.2) is 0 Å². The van der Waals surface area contributed by atoms with Crippen molar-refractivity contribution in [3.05, 3.63) is 30.0 Å². The summed E-state index contributed by atoms with van der Waals surface area (Å²) in [5.74, 6) is -0.224. The zero-order valence-corrected chi connectivity index (χ0v) is 20.6. The Balaban J connectivity index is 1.72. The molecule has 0 bridgehead atoms. The van der Waals surface area contributed by atoms with Crippen LogP contribution in [-0.4, -0.2) is 62.2 Å². The highest BCUT2D eigenvalue weighted by molar-refractivity contribution is 5.99. The van der Waals surface area contributed by atoms with Crippen molar-refractivity contribution in [2.24, 2.45) is 11.3 Å². The average molecular weight is 473 g/mol. The van der Waals surface area contributed by atoms with Gasteiger partial charge in [-0.3, -0.25) is 14.4 Å². The summed E-state index contributed by atoms with van der Waals surface area (Å²) in [4.78, 5) is 40.7. The smallest absolute Gasteiger partial charge is 0.322 e. The van der Waals surface area contributed by atoms with E-state index in [4.69, 9.17) is 9.47 Å². The van der Waals surface area contributed by atoms with Gasteiger partial charge in [-0.2, -0.15) is 0 Å². The molecule has 3 atom stereocenters. The third-order valence-electron chi connectivity index (χ3n) is 6.06. The molecule has 9 heteroatoms. The summed E-state index contributed by atoms with van der Waals surface area (Å²) in [6.07, 6.45) is 1.74. The molecule has 2 aromatic rings. The van der Waals surface area contributed by atoms with Crippen molar-refractivity contribution in [1.29, 1.82) is 0 Å². The average Bonchev–Trinajstić information content (AvgIpc) is 3.40. The lowest BCUT2D eigenvalue weighted by Crippen LogP contribution is -2.49. The van der Waals surface area contributed by atoms with Crippen LogP contribution in [-0.2, 0) is 14.3 Å². The van der Waals surface area contributed by atoms with Crippen LogP contribution in [0.1, 0.15) is 50.5 Å². The number of fused-ring (bicyclic) bond motifs is 1. The van der Waals surface area contributed by atoms with Crippen LogP contribution in [0.4, 0.5) is 0 Å². The molecule has 0 radical (unpaired) electrons. The molecule has 3 rings (SSSR count). The maximum atomic E-state index is 13.1. The van der Waals surface area contributed by atoms with E-state index in [-0.39, 0.29) is 29.2 Å². The number of carbonyl (C=O) groups excluding carboxylic acids is 3. The van der Waals surface area contributed by atoms with E-state index in [1.807, 2.05) is 18.2 Å². The standard InChI is InChI=1S/C25H36N4O5/c1-25(2,3)13-16(14-27-20(24(32)34-5)11-15-9-10-26-22(15)30)28-23(31)19-12-17-18(29-19)7-6-8-21(17)33-4/h6-8,12,15-16,20,27,29H,9-11,13-14H2,1-5H3,(H,26,30)(H,28,31). The molecule has 186 valence electrons. The van der Waals surface area contributed by atoms with Crippen molar-refractivity contribution in [3.8, 4) is 5.75 Å². The second kappa shape index (κ2) is 10.9. The number of aromatic amines is 1. The van der Waals surface area contributed by atoms with Gasteiger partial charge in [0.2, 0.25) is 5.91 Å². The number of hydrogen-bond donors (Lipinski definition) is 4.